The molecule has 0 radical (unpaired) electrons. The normalized spacial score (nSPS) is 15.7. The number of hydrogen-bond acceptors (Lipinski definition) is 2. The van der Waals surface area contributed by atoms with E-state index in [4.69, 9.17) is 9.84 Å². The van der Waals surface area contributed by atoms with Gasteiger partial charge in [-0.25, -0.2) is 0 Å². The molecule has 0 aromatic carbocycles. The Kier molecular flexibility index (Phi) is 8.46. The van der Waals surface area contributed by atoms with Gasteiger partial charge in [0.25, 0.3) is 0 Å². The van der Waals surface area contributed by atoms with Crippen molar-refractivity contribution < 1.29 is 9.84 Å². The van der Waals surface area contributed by atoms with E-state index in [2.05, 4.69) is 6.92 Å². The van der Waals surface area contributed by atoms with E-state index in [-0.39, 0.29) is 12.2 Å². The lowest BCUT2D eigenvalue weighted by Gasteiger charge is -2.15. The van der Waals surface area contributed by atoms with Crippen molar-refractivity contribution in [3.63, 3.8) is 0 Å². The summed E-state index contributed by atoms with van der Waals surface area (Å²) in [4.78, 5) is 0. The fourth-order valence-corrected chi connectivity index (χ4v) is 1.11. The van der Waals surface area contributed by atoms with Gasteiger partial charge in [0, 0.05) is 6.61 Å². The van der Waals surface area contributed by atoms with Gasteiger partial charge in [0.05, 0.1) is 12.2 Å². The minimum Gasteiger partial charge on any atom is -0.391 e. The highest BCUT2D eigenvalue weighted by atomic mass is 16.5. The van der Waals surface area contributed by atoms with Gasteiger partial charge in [-0.3, -0.25) is 0 Å². The van der Waals surface area contributed by atoms with Crippen molar-refractivity contribution in [3.8, 4) is 0 Å². The van der Waals surface area contributed by atoms with Gasteiger partial charge in [0.15, 0.2) is 0 Å². The van der Waals surface area contributed by atoms with Crippen LogP contribution in [0.4, 0.5) is 0 Å². The van der Waals surface area contributed by atoms with Gasteiger partial charge in [0.2, 0.25) is 0 Å². The van der Waals surface area contributed by atoms with Gasteiger partial charge in [-0.15, -0.1) is 0 Å². The van der Waals surface area contributed by atoms with Gasteiger partial charge in [-0.1, -0.05) is 32.6 Å². The highest BCUT2D eigenvalue weighted by Gasteiger charge is 2.07. The second-order valence-electron chi connectivity index (χ2n) is 3.73. The Morgan fingerprint density at radius 2 is 1.69 bits per heavy atom. The van der Waals surface area contributed by atoms with Crippen molar-refractivity contribution >= 4 is 0 Å². The van der Waals surface area contributed by atoms with Crippen LogP contribution in [0.1, 0.15) is 52.9 Å². The number of aliphatic hydroxyl groups excluding tert-OH is 1. The standard InChI is InChI=1S/C11H24O2/c1-4-5-6-7-8-9-13-11(3)10(2)12/h10-12H,4-9H2,1-3H3. The zero-order valence-corrected chi connectivity index (χ0v) is 9.25. The molecule has 0 rings (SSSR count). The Balaban J connectivity index is 3.07. The number of rotatable bonds is 8. The monoisotopic (exact) mass is 188 g/mol. The Bertz CT molecular complexity index is 102. The van der Waals surface area contributed by atoms with E-state index in [0.717, 1.165) is 13.0 Å². The molecule has 80 valence electrons. The van der Waals surface area contributed by atoms with Gasteiger partial charge >= 0.3 is 0 Å². The molecular weight excluding hydrogens is 164 g/mol. The summed E-state index contributed by atoms with van der Waals surface area (Å²) in [6, 6.07) is 0. The van der Waals surface area contributed by atoms with Gasteiger partial charge in [-0.2, -0.15) is 0 Å². The third-order valence-electron chi connectivity index (χ3n) is 2.31. The molecule has 0 aromatic rings. The van der Waals surface area contributed by atoms with Crippen molar-refractivity contribution in [1.29, 1.82) is 0 Å². The second-order valence-corrected chi connectivity index (χ2v) is 3.73. The smallest absolute Gasteiger partial charge is 0.0803 e. The van der Waals surface area contributed by atoms with Crippen LogP contribution < -0.4 is 0 Å². The Morgan fingerprint density at radius 3 is 2.23 bits per heavy atom. The Labute approximate surface area is 82.3 Å². The van der Waals surface area contributed by atoms with E-state index in [0.29, 0.717) is 0 Å². The van der Waals surface area contributed by atoms with Crippen LogP contribution in [0.25, 0.3) is 0 Å². The molecule has 0 heterocycles. The lowest BCUT2D eigenvalue weighted by atomic mass is 10.2. The van der Waals surface area contributed by atoms with E-state index in [9.17, 15) is 0 Å². The second kappa shape index (κ2) is 8.52. The first-order valence-electron chi connectivity index (χ1n) is 5.48. The Hall–Kier alpha value is -0.0800. The maximum absolute atomic E-state index is 9.14. The molecule has 0 aliphatic heterocycles. The van der Waals surface area contributed by atoms with E-state index < -0.39 is 0 Å². The van der Waals surface area contributed by atoms with E-state index in [1.807, 2.05) is 6.92 Å². The summed E-state index contributed by atoms with van der Waals surface area (Å²) in [5, 5.41) is 9.14. The third-order valence-corrected chi connectivity index (χ3v) is 2.31. The summed E-state index contributed by atoms with van der Waals surface area (Å²) < 4.78 is 5.43. The van der Waals surface area contributed by atoms with Crippen molar-refractivity contribution in [1.82, 2.24) is 0 Å². The zero-order chi connectivity index (χ0) is 10.1. The van der Waals surface area contributed by atoms with Crippen LogP contribution in [0.3, 0.4) is 0 Å². The molecule has 0 bridgehead atoms. The molecular formula is C11H24O2. The van der Waals surface area contributed by atoms with Crippen LogP contribution in [-0.2, 0) is 4.74 Å². The number of aliphatic hydroxyl groups is 1. The first-order valence-corrected chi connectivity index (χ1v) is 5.48. The largest absolute Gasteiger partial charge is 0.391 e. The van der Waals surface area contributed by atoms with Crippen LogP contribution in [0.5, 0.6) is 0 Å². The topological polar surface area (TPSA) is 29.5 Å². The molecule has 2 unspecified atom stereocenters. The average Bonchev–Trinajstić information content (AvgIpc) is 2.10. The van der Waals surface area contributed by atoms with Crippen molar-refractivity contribution in [2.45, 2.75) is 65.1 Å². The minimum absolute atomic E-state index is 0.0221. The predicted molar refractivity (Wildman–Crippen MR) is 55.9 cm³/mol. The van der Waals surface area contributed by atoms with Crippen molar-refractivity contribution in [3.05, 3.63) is 0 Å². The van der Waals surface area contributed by atoms with Gasteiger partial charge in [0.1, 0.15) is 0 Å². The molecule has 2 nitrogen and oxygen atoms in total. The molecule has 0 saturated heterocycles. The number of unbranched alkanes of at least 4 members (excludes halogenated alkanes) is 4. The minimum atomic E-state index is -0.351. The van der Waals surface area contributed by atoms with Crippen molar-refractivity contribution in [2.24, 2.45) is 0 Å². The first-order chi connectivity index (χ1) is 6.18. The fourth-order valence-electron chi connectivity index (χ4n) is 1.11. The van der Waals surface area contributed by atoms with Crippen molar-refractivity contribution in [2.75, 3.05) is 6.61 Å². The molecule has 2 atom stereocenters. The summed E-state index contributed by atoms with van der Waals surface area (Å²) in [6.45, 7) is 6.68. The average molecular weight is 188 g/mol. The van der Waals surface area contributed by atoms with E-state index in [1.54, 1.807) is 6.92 Å². The van der Waals surface area contributed by atoms with Gasteiger partial charge in [-0.05, 0) is 20.3 Å². The maximum Gasteiger partial charge on any atom is 0.0803 e. The van der Waals surface area contributed by atoms with Crippen LogP contribution >= 0.6 is 0 Å². The molecule has 1 N–H and O–H groups in total. The quantitative estimate of drug-likeness (QED) is 0.593. The summed E-state index contributed by atoms with van der Waals surface area (Å²) >= 11 is 0. The molecule has 13 heavy (non-hydrogen) atoms. The molecule has 0 aromatic heterocycles. The highest BCUT2D eigenvalue weighted by Crippen LogP contribution is 2.04. The lowest BCUT2D eigenvalue weighted by molar-refractivity contribution is -0.0194. The molecule has 0 fully saturated rings. The number of ether oxygens (including phenoxy) is 1. The molecule has 0 spiro atoms. The van der Waals surface area contributed by atoms with Crippen LogP contribution in [0, 0.1) is 0 Å². The summed E-state index contributed by atoms with van der Waals surface area (Å²) in [6.07, 6.45) is 5.92. The van der Waals surface area contributed by atoms with Crippen LogP contribution in [0.2, 0.25) is 0 Å². The predicted octanol–water partition coefficient (Wildman–Crippen LogP) is 2.74. The maximum atomic E-state index is 9.14. The SMILES string of the molecule is CCCCCCCOC(C)C(C)O. The zero-order valence-electron chi connectivity index (χ0n) is 9.25. The number of hydrogen-bond donors (Lipinski definition) is 1. The molecule has 0 aliphatic rings. The van der Waals surface area contributed by atoms with Crippen LogP contribution in [0.15, 0.2) is 0 Å². The van der Waals surface area contributed by atoms with Crippen LogP contribution in [-0.4, -0.2) is 23.9 Å². The molecule has 2 heteroatoms. The third kappa shape index (κ3) is 8.26. The van der Waals surface area contributed by atoms with Gasteiger partial charge < -0.3 is 9.84 Å². The summed E-state index contributed by atoms with van der Waals surface area (Å²) in [7, 11) is 0. The fraction of sp³-hybridized carbons (Fsp3) is 1.00. The van der Waals surface area contributed by atoms with E-state index >= 15 is 0 Å². The molecule has 0 amide bonds. The highest BCUT2D eigenvalue weighted by molar-refractivity contribution is 4.56. The lowest BCUT2D eigenvalue weighted by Crippen LogP contribution is -2.23. The van der Waals surface area contributed by atoms with E-state index in [1.165, 1.54) is 25.7 Å². The summed E-state index contributed by atoms with van der Waals surface area (Å²) in [5.41, 5.74) is 0. The molecule has 0 saturated carbocycles. The Morgan fingerprint density at radius 1 is 1.08 bits per heavy atom. The molecule has 0 aliphatic carbocycles. The first kappa shape index (κ1) is 12.9. The summed E-state index contributed by atoms with van der Waals surface area (Å²) in [5.74, 6) is 0.